The third kappa shape index (κ3) is 4.32. The van der Waals surface area contributed by atoms with E-state index in [2.05, 4.69) is 0 Å². The number of hydrogen-bond acceptors (Lipinski definition) is 7. The maximum Gasteiger partial charge on any atom is 0.267 e. The highest BCUT2D eigenvalue weighted by Crippen LogP contribution is 2.35. The van der Waals surface area contributed by atoms with Crippen molar-refractivity contribution in [1.82, 2.24) is 14.3 Å². The third-order valence-corrected chi connectivity index (χ3v) is 7.47. The van der Waals surface area contributed by atoms with Crippen molar-refractivity contribution in [2.75, 3.05) is 36.0 Å². The second-order valence-corrected chi connectivity index (χ2v) is 10.3. The van der Waals surface area contributed by atoms with Gasteiger partial charge in [0.05, 0.1) is 16.2 Å². The van der Waals surface area contributed by atoms with Gasteiger partial charge in [-0.25, -0.2) is 9.37 Å². The molecule has 0 atom stereocenters. The van der Waals surface area contributed by atoms with Gasteiger partial charge in [-0.05, 0) is 44.2 Å². The molecule has 0 N–H and O–H groups in total. The lowest BCUT2D eigenvalue weighted by atomic mass is 10.2. The molecule has 2 aliphatic rings. The number of hydrogen-bond donors (Lipinski definition) is 0. The number of piperazine rings is 1. The molecule has 1 aromatic carbocycles. The van der Waals surface area contributed by atoms with Crippen LogP contribution in [0.1, 0.15) is 19.4 Å². The highest BCUT2D eigenvalue weighted by atomic mass is 32.2. The van der Waals surface area contributed by atoms with Gasteiger partial charge in [0.2, 0.25) is 0 Å². The first kappa shape index (κ1) is 23.5. The monoisotopic (exact) mass is 509 g/mol. The number of para-hydroxylation sites is 1. The fourth-order valence-corrected chi connectivity index (χ4v) is 5.89. The molecule has 2 saturated heterocycles. The number of anilines is 2. The molecule has 5 rings (SSSR count). The quantitative estimate of drug-likeness (QED) is 0.392. The summed E-state index contributed by atoms with van der Waals surface area (Å²) in [5.41, 5.74) is 1.18. The molecule has 4 heterocycles. The van der Waals surface area contributed by atoms with Crippen LogP contribution in [0.15, 0.2) is 58.4 Å². The van der Waals surface area contributed by atoms with Crippen LogP contribution in [0.5, 0.6) is 0 Å². The van der Waals surface area contributed by atoms with Crippen molar-refractivity contribution in [2.45, 2.75) is 19.9 Å². The summed E-state index contributed by atoms with van der Waals surface area (Å²) in [6.45, 7) is 6.06. The second-order valence-electron chi connectivity index (χ2n) is 8.65. The van der Waals surface area contributed by atoms with Gasteiger partial charge in [-0.1, -0.05) is 42.2 Å². The van der Waals surface area contributed by atoms with Crippen molar-refractivity contribution in [3.63, 3.8) is 0 Å². The predicted molar refractivity (Wildman–Crippen MR) is 142 cm³/mol. The summed E-state index contributed by atoms with van der Waals surface area (Å²) in [4.78, 5) is 37.3. The van der Waals surface area contributed by atoms with E-state index in [4.69, 9.17) is 17.2 Å². The topological polar surface area (TPSA) is 61.2 Å². The lowest BCUT2D eigenvalue weighted by Crippen LogP contribution is -2.47. The van der Waals surface area contributed by atoms with Crippen molar-refractivity contribution >= 4 is 57.4 Å². The van der Waals surface area contributed by atoms with Crippen LogP contribution in [0, 0.1) is 5.82 Å². The first-order valence-corrected chi connectivity index (χ1v) is 12.6. The van der Waals surface area contributed by atoms with Crippen LogP contribution in [-0.2, 0) is 4.79 Å². The summed E-state index contributed by atoms with van der Waals surface area (Å²) in [6.07, 6.45) is 3.29. The number of fused-ring (bicyclic) bond motifs is 1. The lowest BCUT2D eigenvalue weighted by molar-refractivity contribution is -0.123. The maximum atomic E-state index is 14.3. The fourth-order valence-electron chi connectivity index (χ4n) is 4.38. The average molecular weight is 510 g/mol. The molecule has 1 amide bonds. The van der Waals surface area contributed by atoms with Crippen LogP contribution in [0.25, 0.3) is 11.7 Å². The summed E-state index contributed by atoms with van der Waals surface area (Å²) < 4.78 is 16.3. The average Bonchev–Trinajstić information content (AvgIpc) is 3.14. The number of pyridine rings is 1. The summed E-state index contributed by atoms with van der Waals surface area (Å²) in [5.74, 6) is 0.0583. The van der Waals surface area contributed by atoms with Crippen LogP contribution >= 0.6 is 24.0 Å². The Morgan fingerprint density at radius 2 is 1.71 bits per heavy atom. The summed E-state index contributed by atoms with van der Waals surface area (Å²) in [7, 11) is 0. The number of thioether (sulfide) groups is 1. The molecule has 2 fully saturated rings. The molecule has 0 spiro atoms. The summed E-state index contributed by atoms with van der Waals surface area (Å²) in [5, 5.41) is 0. The summed E-state index contributed by atoms with van der Waals surface area (Å²) in [6, 6.07) is 12.0. The number of carbonyl (C=O) groups is 1. The molecule has 2 aliphatic heterocycles. The Morgan fingerprint density at radius 1 is 1.03 bits per heavy atom. The van der Waals surface area contributed by atoms with E-state index >= 15 is 0 Å². The number of carbonyl (C=O) groups excluding carboxylic acids is 1. The van der Waals surface area contributed by atoms with E-state index in [9.17, 15) is 14.0 Å². The van der Waals surface area contributed by atoms with Gasteiger partial charge in [-0.15, -0.1) is 0 Å². The number of benzene rings is 1. The van der Waals surface area contributed by atoms with E-state index in [-0.39, 0.29) is 23.3 Å². The molecule has 180 valence electrons. The normalized spacial score (nSPS) is 17.9. The molecule has 0 saturated carbocycles. The molecular weight excluding hydrogens is 485 g/mol. The van der Waals surface area contributed by atoms with Crippen molar-refractivity contribution < 1.29 is 9.18 Å². The smallest absolute Gasteiger partial charge is 0.267 e. The molecule has 3 aromatic rings. The highest BCUT2D eigenvalue weighted by Gasteiger charge is 2.34. The number of rotatable bonds is 4. The first-order chi connectivity index (χ1) is 16.8. The van der Waals surface area contributed by atoms with E-state index in [0.717, 1.165) is 0 Å². The molecule has 0 radical (unpaired) electrons. The molecule has 7 nitrogen and oxygen atoms in total. The maximum absolute atomic E-state index is 14.3. The zero-order valence-corrected chi connectivity index (χ0v) is 21.0. The molecule has 0 bridgehead atoms. The van der Waals surface area contributed by atoms with Gasteiger partial charge in [-0.3, -0.25) is 18.9 Å². The van der Waals surface area contributed by atoms with E-state index in [1.54, 1.807) is 41.4 Å². The van der Waals surface area contributed by atoms with Gasteiger partial charge in [-0.2, -0.15) is 0 Å². The van der Waals surface area contributed by atoms with Gasteiger partial charge >= 0.3 is 0 Å². The Labute approximate surface area is 211 Å². The molecule has 10 heteroatoms. The standard InChI is InChI=1S/C25H24FN5O2S2/c1-16(2)31-24(33)20(35-25(31)34)15-17-22(27-21-9-5-6-10-30(21)23(17)32)29-13-11-28(12-14-29)19-8-4-3-7-18(19)26/h3-10,15-16H,11-14H2,1-2H3/b20-15-. The minimum atomic E-state index is -0.254. The minimum absolute atomic E-state index is 0.0739. The number of nitrogens with zero attached hydrogens (tertiary/aromatic N) is 5. The van der Waals surface area contributed by atoms with Crippen LogP contribution in [0.4, 0.5) is 15.9 Å². The SMILES string of the molecule is CC(C)N1C(=O)/C(=C/c2c(N3CCN(c4ccccc4F)CC3)nc3ccccn3c2=O)SC1=S. The minimum Gasteiger partial charge on any atom is -0.366 e. The van der Waals surface area contributed by atoms with Gasteiger partial charge in [0.25, 0.3) is 11.5 Å². The van der Waals surface area contributed by atoms with Gasteiger partial charge in [0.1, 0.15) is 21.6 Å². The van der Waals surface area contributed by atoms with Crippen LogP contribution in [0.2, 0.25) is 0 Å². The number of halogens is 1. The molecule has 2 aromatic heterocycles. The molecule has 0 aliphatic carbocycles. The van der Waals surface area contributed by atoms with E-state index < -0.39 is 0 Å². The van der Waals surface area contributed by atoms with Crippen molar-refractivity contribution in [3.8, 4) is 0 Å². The Morgan fingerprint density at radius 3 is 2.40 bits per heavy atom. The highest BCUT2D eigenvalue weighted by molar-refractivity contribution is 8.26. The molecular formula is C25H24FN5O2S2. The van der Waals surface area contributed by atoms with E-state index in [1.165, 1.54) is 22.2 Å². The second kappa shape index (κ2) is 9.43. The van der Waals surface area contributed by atoms with E-state index in [1.807, 2.05) is 35.8 Å². The predicted octanol–water partition coefficient (Wildman–Crippen LogP) is 3.77. The third-order valence-electron chi connectivity index (χ3n) is 6.14. The number of amides is 1. The number of thiocarbonyl (C=S) groups is 1. The zero-order valence-electron chi connectivity index (χ0n) is 19.3. The lowest BCUT2D eigenvalue weighted by Gasteiger charge is -2.37. The van der Waals surface area contributed by atoms with Crippen molar-refractivity contribution in [2.24, 2.45) is 0 Å². The van der Waals surface area contributed by atoms with Crippen molar-refractivity contribution in [1.29, 1.82) is 0 Å². The van der Waals surface area contributed by atoms with Gasteiger partial charge in [0.15, 0.2) is 0 Å². The zero-order chi connectivity index (χ0) is 24.7. The Kier molecular flexibility index (Phi) is 6.33. The first-order valence-electron chi connectivity index (χ1n) is 11.4. The summed E-state index contributed by atoms with van der Waals surface area (Å²) >= 11 is 6.60. The van der Waals surface area contributed by atoms with Crippen molar-refractivity contribution in [3.05, 3.63) is 75.3 Å². The van der Waals surface area contributed by atoms with Gasteiger partial charge in [0, 0.05) is 38.4 Å². The Balaban J connectivity index is 1.53. The number of aromatic nitrogens is 2. The van der Waals surface area contributed by atoms with Crippen LogP contribution in [-0.4, -0.2) is 56.7 Å². The van der Waals surface area contributed by atoms with Crippen LogP contribution in [0.3, 0.4) is 0 Å². The van der Waals surface area contributed by atoms with Crippen LogP contribution < -0.4 is 15.4 Å². The molecule has 35 heavy (non-hydrogen) atoms. The van der Waals surface area contributed by atoms with Gasteiger partial charge < -0.3 is 9.80 Å². The molecule has 0 unspecified atom stereocenters. The Hall–Kier alpha value is -3.24. The Bertz CT molecular complexity index is 1410. The fraction of sp³-hybridized carbons (Fsp3) is 0.280. The van der Waals surface area contributed by atoms with E-state index in [0.29, 0.717) is 58.1 Å². The largest absolute Gasteiger partial charge is 0.366 e.